The molecule has 1 heterocycles. The number of aromatic nitrogens is 2. The molecule has 10 heteroatoms. The van der Waals surface area contributed by atoms with E-state index in [1.54, 1.807) is 6.26 Å². The average Bonchev–Trinajstić information content (AvgIpc) is 2.96. The molecular weight excluding hydrogens is 347 g/mol. The van der Waals surface area contributed by atoms with Crippen molar-refractivity contribution in [2.45, 2.75) is 19.5 Å². The summed E-state index contributed by atoms with van der Waals surface area (Å²) >= 11 is 0. The first kappa shape index (κ1) is 18.2. The number of alkyl halides is 3. The van der Waals surface area contributed by atoms with E-state index in [-0.39, 0.29) is 17.1 Å². The molecule has 24 heavy (non-hydrogen) atoms. The van der Waals surface area contributed by atoms with E-state index in [4.69, 9.17) is 4.74 Å². The molecule has 0 saturated carbocycles. The van der Waals surface area contributed by atoms with Gasteiger partial charge in [-0.3, -0.25) is 0 Å². The second-order valence-electron chi connectivity index (χ2n) is 5.06. The highest BCUT2D eigenvalue weighted by Gasteiger charge is 2.38. The Morgan fingerprint density at radius 1 is 1.38 bits per heavy atom. The fraction of sp³-hybridized carbons (Fsp3) is 0.429. The van der Waals surface area contributed by atoms with E-state index in [1.807, 2.05) is 6.92 Å². The van der Waals surface area contributed by atoms with E-state index < -0.39 is 21.8 Å². The Balaban J connectivity index is 2.44. The summed E-state index contributed by atoms with van der Waals surface area (Å²) in [5.74, 6) is -1.04. The lowest BCUT2D eigenvalue weighted by atomic mass is 10.1. The molecule has 0 aliphatic rings. The van der Waals surface area contributed by atoms with E-state index >= 15 is 0 Å². The minimum atomic E-state index is -4.72. The van der Waals surface area contributed by atoms with Gasteiger partial charge in [0.1, 0.15) is 5.75 Å². The fourth-order valence-corrected chi connectivity index (χ4v) is 3.43. The highest BCUT2D eigenvalue weighted by Crippen LogP contribution is 2.34. The Hall–Kier alpha value is -2.10. The highest BCUT2D eigenvalue weighted by atomic mass is 32.2. The molecule has 0 amide bonds. The van der Waals surface area contributed by atoms with Crippen LogP contribution in [0.2, 0.25) is 0 Å². The fourth-order valence-electron chi connectivity index (χ4n) is 2.02. The van der Waals surface area contributed by atoms with Gasteiger partial charge in [0.2, 0.25) is 5.82 Å². The van der Waals surface area contributed by atoms with Gasteiger partial charge in [-0.25, -0.2) is 4.21 Å². The Bertz CT molecular complexity index is 839. The number of halogens is 3. The lowest BCUT2D eigenvalue weighted by Crippen LogP contribution is -2.04. The molecule has 1 aromatic carbocycles. The topological polar surface area (TPSA) is 77.6 Å². The van der Waals surface area contributed by atoms with Gasteiger partial charge in [-0.2, -0.15) is 22.5 Å². The molecular formula is C14H16F3N3O3S. The maximum absolute atomic E-state index is 12.5. The van der Waals surface area contributed by atoms with Crippen molar-refractivity contribution < 1.29 is 26.6 Å². The van der Waals surface area contributed by atoms with Gasteiger partial charge in [0.15, 0.2) is 0 Å². The minimum Gasteiger partial charge on any atom is -0.496 e. The van der Waals surface area contributed by atoms with E-state index in [1.165, 1.54) is 25.3 Å². The van der Waals surface area contributed by atoms with E-state index in [2.05, 4.69) is 19.0 Å². The van der Waals surface area contributed by atoms with Crippen molar-refractivity contribution in [2.24, 2.45) is 4.36 Å². The quantitative estimate of drug-likeness (QED) is 0.805. The summed E-state index contributed by atoms with van der Waals surface area (Å²) in [5.41, 5.74) is 0.616. The molecule has 1 aromatic heterocycles. The van der Waals surface area contributed by atoms with Gasteiger partial charge >= 0.3 is 12.1 Å². The van der Waals surface area contributed by atoms with Crippen LogP contribution < -0.4 is 4.74 Å². The minimum absolute atomic E-state index is 0.206. The largest absolute Gasteiger partial charge is 0.496 e. The zero-order valence-corrected chi connectivity index (χ0v) is 14.1. The van der Waals surface area contributed by atoms with E-state index in [9.17, 15) is 17.4 Å². The first-order valence-electron chi connectivity index (χ1n) is 6.95. The first-order chi connectivity index (χ1) is 11.2. The van der Waals surface area contributed by atoms with Gasteiger partial charge in [0.05, 0.1) is 18.4 Å². The number of rotatable bonds is 5. The van der Waals surface area contributed by atoms with Crippen LogP contribution >= 0.6 is 0 Å². The number of ether oxygens (including phenoxy) is 1. The Kier molecular flexibility index (Phi) is 5.16. The molecule has 1 atom stereocenters. The van der Waals surface area contributed by atoms with Gasteiger partial charge in [0.25, 0.3) is 0 Å². The number of methoxy groups -OCH3 is 1. The third-order valence-electron chi connectivity index (χ3n) is 2.98. The Morgan fingerprint density at radius 3 is 2.62 bits per heavy atom. The summed E-state index contributed by atoms with van der Waals surface area (Å²) in [7, 11) is -1.03. The molecule has 0 spiro atoms. The highest BCUT2D eigenvalue weighted by molar-refractivity contribution is 7.93. The molecule has 132 valence electrons. The second-order valence-corrected chi connectivity index (χ2v) is 7.57. The SMILES string of the molecule is CCCS(C)(=O)=Nc1ccc(-c2noc(C(F)(F)F)n2)c(OC)c1. The predicted molar refractivity (Wildman–Crippen MR) is 82.6 cm³/mol. The van der Waals surface area contributed by atoms with Crippen LogP contribution in [-0.4, -0.2) is 33.5 Å². The van der Waals surface area contributed by atoms with Crippen LogP contribution in [0.15, 0.2) is 27.1 Å². The third-order valence-corrected chi connectivity index (χ3v) is 4.74. The van der Waals surface area contributed by atoms with Gasteiger partial charge in [-0.05, 0) is 18.6 Å². The average molecular weight is 363 g/mol. The summed E-state index contributed by atoms with van der Waals surface area (Å²) in [6, 6.07) is 4.43. The molecule has 0 fully saturated rings. The zero-order valence-electron chi connectivity index (χ0n) is 13.3. The third kappa shape index (κ3) is 4.25. The van der Waals surface area contributed by atoms with Crippen molar-refractivity contribution in [3.63, 3.8) is 0 Å². The van der Waals surface area contributed by atoms with Gasteiger partial charge in [-0.1, -0.05) is 12.1 Å². The summed E-state index contributed by atoms with van der Waals surface area (Å²) < 4.78 is 63.4. The van der Waals surface area contributed by atoms with Gasteiger partial charge < -0.3 is 9.26 Å². The Labute approximate surface area is 137 Å². The number of hydrogen-bond donors (Lipinski definition) is 0. The van der Waals surface area contributed by atoms with Crippen LogP contribution in [0.5, 0.6) is 5.75 Å². The maximum Gasteiger partial charge on any atom is 0.471 e. The maximum atomic E-state index is 12.5. The molecule has 1 unspecified atom stereocenters. The number of nitrogens with zero attached hydrogens (tertiary/aromatic N) is 3. The normalized spacial score (nSPS) is 14.2. The molecule has 0 saturated heterocycles. The van der Waals surface area contributed by atoms with E-state index in [0.29, 0.717) is 11.4 Å². The molecule has 2 aromatic rings. The monoisotopic (exact) mass is 363 g/mol. The van der Waals surface area contributed by atoms with Gasteiger partial charge in [0, 0.05) is 27.8 Å². The first-order valence-corrected chi connectivity index (χ1v) is 9.04. The van der Waals surface area contributed by atoms with Gasteiger partial charge in [-0.15, -0.1) is 0 Å². The van der Waals surface area contributed by atoms with Crippen LogP contribution in [0.3, 0.4) is 0 Å². The lowest BCUT2D eigenvalue weighted by Gasteiger charge is -2.07. The van der Waals surface area contributed by atoms with Crippen LogP contribution in [0.4, 0.5) is 18.9 Å². The van der Waals surface area contributed by atoms with Crippen LogP contribution in [0.1, 0.15) is 19.2 Å². The smallest absolute Gasteiger partial charge is 0.471 e. The summed E-state index contributed by atoms with van der Waals surface area (Å²) in [6.07, 6.45) is -2.45. The molecule has 0 aliphatic heterocycles. The molecule has 0 aliphatic carbocycles. The standard InChI is InChI=1S/C14H16F3N3O3S/c1-4-7-24(3,21)20-9-5-6-10(11(8-9)22-2)12-18-13(23-19-12)14(15,16)17/h5-6,8H,4,7H2,1-3H3. The van der Waals surface area contributed by atoms with Crippen molar-refractivity contribution in [3.8, 4) is 17.1 Å². The predicted octanol–water partition coefficient (Wildman–Crippen LogP) is 3.90. The molecule has 2 rings (SSSR count). The van der Waals surface area contributed by atoms with E-state index in [0.717, 1.165) is 6.42 Å². The van der Waals surface area contributed by atoms with Crippen LogP contribution in [-0.2, 0) is 15.9 Å². The van der Waals surface area contributed by atoms with Crippen molar-refractivity contribution in [2.75, 3.05) is 19.1 Å². The summed E-state index contributed by atoms with van der Waals surface area (Å²) in [4.78, 5) is 3.32. The lowest BCUT2D eigenvalue weighted by molar-refractivity contribution is -0.159. The van der Waals surface area contributed by atoms with Crippen molar-refractivity contribution in [1.29, 1.82) is 0 Å². The zero-order chi connectivity index (χ0) is 18.0. The van der Waals surface area contributed by atoms with Crippen molar-refractivity contribution in [1.82, 2.24) is 10.1 Å². The Morgan fingerprint density at radius 2 is 2.08 bits per heavy atom. The number of benzene rings is 1. The van der Waals surface area contributed by atoms with Crippen LogP contribution in [0, 0.1) is 0 Å². The second kappa shape index (κ2) is 6.80. The van der Waals surface area contributed by atoms with Crippen molar-refractivity contribution >= 4 is 15.4 Å². The number of hydrogen-bond acceptors (Lipinski definition) is 6. The summed E-state index contributed by atoms with van der Waals surface area (Å²) in [6.45, 7) is 1.90. The van der Waals surface area contributed by atoms with Crippen LogP contribution in [0.25, 0.3) is 11.4 Å². The molecule has 0 N–H and O–H groups in total. The van der Waals surface area contributed by atoms with Crippen molar-refractivity contribution in [3.05, 3.63) is 24.1 Å². The molecule has 6 nitrogen and oxygen atoms in total. The summed E-state index contributed by atoms with van der Waals surface area (Å²) in [5, 5.41) is 3.32. The molecule has 0 bridgehead atoms. The molecule has 0 radical (unpaired) electrons.